The molecule has 11 heteroatoms. The summed E-state index contributed by atoms with van der Waals surface area (Å²) in [7, 11) is 3.17. The number of nitrogens with zero attached hydrogens (tertiary/aromatic N) is 5. The summed E-state index contributed by atoms with van der Waals surface area (Å²) in [5.41, 5.74) is 1.72. The van der Waals surface area contributed by atoms with E-state index in [-0.39, 0.29) is 23.2 Å². The van der Waals surface area contributed by atoms with Crippen molar-refractivity contribution in [2.45, 2.75) is 6.54 Å². The van der Waals surface area contributed by atoms with E-state index in [4.69, 9.17) is 14.0 Å². The Balaban J connectivity index is 1.53. The second kappa shape index (κ2) is 11.4. The van der Waals surface area contributed by atoms with Crippen LogP contribution in [-0.2, 0) is 16.1 Å². The van der Waals surface area contributed by atoms with E-state index in [2.05, 4.69) is 15.3 Å². The van der Waals surface area contributed by atoms with Crippen LogP contribution in [0, 0.1) is 0 Å². The zero-order valence-corrected chi connectivity index (χ0v) is 20.0. The number of benzene rings is 2. The third-order valence-electron chi connectivity index (χ3n) is 4.85. The smallest absolute Gasteiger partial charge is 0.320 e. The van der Waals surface area contributed by atoms with Crippen LogP contribution in [0.15, 0.2) is 81.0 Å². The van der Waals surface area contributed by atoms with Gasteiger partial charge in [-0.3, -0.25) is 14.2 Å². The zero-order chi connectivity index (χ0) is 24.6. The van der Waals surface area contributed by atoms with Gasteiger partial charge < -0.3 is 14.6 Å². The van der Waals surface area contributed by atoms with Gasteiger partial charge in [0.25, 0.3) is 12.1 Å². The molecule has 35 heavy (non-hydrogen) atoms. The topological polar surface area (TPSA) is 116 Å². The number of amidine groups is 1. The summed E-state index contributed by atoms with van der Waals surface area (Å²) in [6.07, 6.45) is 3.22. The standard InChI is InChI=1S/C24H23N5O5S/c1-32-13-12-28-15-22(34-27-28)26-21(30)16-35-24-25-20(14-17-8-10-19(33-2)11-9-17)23(31)29(24)18-6-4-3-5-7-18/h3-11,14-15H,12-13,16H2,1-2H3/b20-14+. The first kappa shape index (κ1) is 24.2. The average Bonchev–Trinajstić information content (AvgIpc) is 3.46. The highest BCUT2D eigenvalue weighted by molar-refractivity contribution is 8.14. The molecule has 0 N–H and O–H groups in total. The van der Waals surface area contributed by atoms with Gasteiger partial charge in [0.05, 0.1) is 12.8 Å². The Kier molecular flexibility index (Phi) is 7.91. The number of rotatable bonds is 9. The molecular formula is C24H23N5O5S. The van der Waals surface area contributed by atoms with Crippen LogP contribution < -0.4 is 19.4 Å². The molecule has 0 radical (unpaired) electrons. The lowest BCUT2D eigenvalue weighted by Crippen LogP contribution is -2.36. The molecule has 0 bridgehead atoms. The van der Waals surface area contributed by atoms with Gasteiger partial charge in [0, 0.05) is 12.9 Å². The number of anilines is 1. The number of para-hydroxylation sites is 1. The molecule has 2 aromatic carbocycles. The summed E-state index contributed by atoms with van der Waals surface area (Å²) < 4.78 is 16.7. The molecule has 0 saturated carbocycles. The van der Waals surface area contributed by atoms with Crippen LogP contribution in [0.2, 0.25) is 0 Å². The van der Waals surface area contributed by atoms with Crippen molar-refractivity contribution in [2.75, 3.05) is 31.5 Å². The van der Waals surface area contributed by atoms with E-state index in [1.165, 1.54) is 15.8 Å². The molecule has 0 spiro atoms. The first-order valence-electron chi connectivity index (χ1n) is 10.6. The van der Waals surface area contributed by atoms with Crippen LogP contribution in [0.25, 0.3) is 6.08 Å². The molecule has 4 rings (SSSR count). The molecule has 0 atom stereocenters. The van der Waals surface area contributed by atoms with Crippen molar-refractivity contribution in [3.8, 4) is 5.75 Å². The van der Waals surface area contributed by atoms with Gasteiger partial charge in [-0.05, 0) is 46.5 Å². The lowest BCUT2D eigenvalue weighted by molar-refractivity contribution is -0.763. The van der Waals surface area contributed by atoms with Crippen molar-refractivity contribution in [1.82, 2.24) is 5.27 Å². The van der Waals surface area contributed by atoms with Crippen LogP contribution in [-0.4, -0.2) is 48.8 Å². The fourth-order valence-corrected chi connectivity index (χ4v) is 3.94. The minimum atomic E-state index is -0.444. The van der Waals surface area contributed by atoms with Crippen molar-refractivity contribution in [3.63, 3.8) is 0 Å². The lowest BCUT2D eigenvalue weighted by atomic mass is 10.2. The van der Waals surface area contributed by atoms with Crippen LogP contribution in [0.3, 0.4) is 0 Å². The molecule has 3 aromatic rings. The number of hydrogen-bond donors (Lipinski definition) is 0. The fraction of sp³-hybridized carbons (Fsp3) is 0.208. The molecule has 2 heterocycles. The van der Waals surface area contributed by atoms with Gasteiger partial charge in [-0.25, -0.2) is 9.98 Å². The molecule has 0 aliphatic carbocycles. The number of aromatic nitrogens is 2. The Morgan fingerprint density at radius 1 is 1.20 bits per heavy atom. The van der Waals surface area contributed by atoms with Gasteiger partial charge in [-0.2, -0.15) is 0 Å². The summed E-state index contributed by atoms with van der Waals surface area (Å²) in [6.45, 7) is 0.933. The van der Waals surface area contributed by atoms with E-state index in [1.807, 2.05) is 54.6 Å². The quantitative estimate of drug-likeness (QED) is 0.194. The number of carbonyl (C=O) groups excluding carboxylic acids is 1. The molecule has 1 aliphatic heterocycles. The monoisotopic (exact) mass is 493 g/mol. The van der Waals surface area contributed by atoms with Crippen molar-refractivity contribution in [2.24, 2.45) is 9.98 Å². The maximum atomic E-state index is 13.2. The van der Waals surface area contributed by atoms with Crippen molar-refractivity contribution >= 4 is 46.4 Å². The summed E-state index contributed by atoms with van der Waals surface area (Å²) in [5.74, 6) is 0.0448. The lowest BCUT2D eigenvalue weighted by Gasteiger charge is -2.18. The maximum absolute atomic E-state index is 13.2. The summed E-state index contributed by atoms with van der Waals surface area (Å²) in [6, 6.07) is 16.4. The second-order valence-corrected chi connectivity index (χ2v) is 8.21. The third-order valence-corrected chi connectivity index (χ3v) is 5.77. The predicted molar refractivity (Wildman–Crippen MR) is 130 cm³/mol. The number of methoxy groups -OCH3 is 2. The maximum Gasteiger partial charge on any atom is 0.320 e. The van der Waals surface area contributed by atoms with E-state index < -0.39 is 5.90 Å². The summed E-state index contributed by atoms with van der Waals surface area (Å²) in [4.78, 5) is 23.2. The Hall–Kier alpha value is -3.96. The minimum Gasteiger partial charge on any atom is -0.861 e. The number of aliphatic imine (C=N–C) groups is 2. The normalized spacial score (nSPS) is 15.1. The van der Waals surface area contributed by atoms with Gasteiger partial charge in [-0.1, -0.05) is 42.1 Å². The Morgan fingerprint density at radius 2 is 1.97 bits per heavy atom. The molecular weight excluding hydrogens is 470 g/mol. The first-order chi connectivity index (χ1) is 17.1. The van der Waals surface area contributed by atoms with Gasteiger partial charge >= 0.3 is 5.88 Å². The highest BCUT2D eigenvalue weighted by atomic mass is 32.2. The first-order valence-corrected chi connectivity index (χ1v) is 11.6. The van der Waals surface area contributed by atoms with Crippen molar-refractivity contribution in [3.05, 3.63) is 72.1 Å². The largest absolute Gasteiger partial charge is 0.861 e. The summed E-state index contributed by atoms with van der Waals surface area (Å²) in [5, 5.41) is 16.6. The van der Waals surface area contributed by atoms with Crippen LogP contribution in [0.5, 0.6) is 5.75 Å². The number of ether oxygens (including phenoxy) is 2. The average molecular weight is 494 g/mol. The van der Waals surface area contributed by atoms with Crippen LogP contribution >= 0.6 is 11.8 Å². The Bertz CT molecular complexity index is 1250. The fourth-order valence-electron chi connectivity index (χ4n) is 3.15. The molecule has 0 saturated heterocycles. The number of carbonyl (C=O) groups is 1. The van der Waals surface area contributed by atoms with E-state index in [9.17, 15) is 9.90 Å². The van der Waals surface area contributed by atoms with Crippen LogP contribution in [0.1, 0.15) is 5.56 Å². The minimum absolute atomic E-state index is 0.0377. The molecule has 0 unspecified atom stereocenters. The second-order valence-electron chi connectivity index (χ2n) is 7.26. The third kappa shape index (κ3) is 6.14. The molecule has 10 nitrogen and oxygen atoms in total. The number of thioether (sulfide) groups is 1. The van der Waals surface area contributed by atoms with E-state index in [1.54, 1.807) is 20.3 Å². The number of amides is 1. The zero-order valence-electron chi connectivity index (χ0n) is 19.2. The summed E-state index contributed by atoms with van der Waals surface area (Å²) >= 11 is 1.12. The molecule has 1 aromatic heterocycles. The van der Waals surface area contributed by atoms with Gasteiger partial charge in [0.2, 0.25) is 11.8 Å². The van der Waals surface area contributed by atoms with E-state index in [0.717, 1.165) is 17.3 Å². The van der Waals surface area contributed by atoms with Gasteiger partial charge in [-0.15, -0.1) is 0 Å². The molecule has 0 fully saturated rings. The van der Waals surface area contributed by atoms with Gasteiger partial charge in [0.1, 0.15) is 18.1 Å². The highest BCUT2D eigenvalue weighted by Crippen LogP contribution is 2.29. The predicted octanol–water partition coefficient (Wildman–Crippen LogP) is 2.18. The van der Waals surface area contributed by atoms with Crippen molar-refractivity contribution in [1.29, 1.82) is 0 Å². The van der Waals surface area contributed by atoms with E-state index in [0.29, 0.717) is 29.8 Å². The molecule has 1 aliphatic rings. The van der Waals surface area contributed by atoms with E-state index >= 15 is 0 Å². The Morgan fingerprint density at radius 3 is 2.69 bits per heavy atom. The Labute approximate surface area is 206 Å². The number of hydrogen-bond acceptors (Lipinski definition) is 9. The molecule has 180 valence electrons. The SMILES string of the molecule is COCC[n+]1cc(/N=C(/[O-])CSC2=N/C(=C/c3ccc(OC)cc3)C(=O)N2c2ccccc2)on1. The van der Waals surface area contributed by atoms with Gasteiger partial charge in [0.15, 0.2) is 5.17 Å². The van der Waals surface area contributed by atoms with Crippen LogP contribution in [0.4, 0.5) is 11.6 Å². The molecule has 1 amide bonds. The van der Waals surface area contributed by atoms with Crippen molar-refractivity contribution < 1.29 is 28.6 Å². The highest BCUT2D eigenvalue weighted by Gasteiger charge is 2.31.